The molecule has 0 heterocycles. The van der Waals surface area contributed by atoms with Crippen LogP contribution in [-0.4, -0.2) is 35.1 Å². The molecule has 26 heavy (non-hydrogen) atoms. The van der Waals surface area contributed by atoms with E-state index in [1.165, 1.54) is 0 Å². The molecule has 0 N–H and O–H groups in total. The van der Waals surface area contributed by atoms with Crippen molar-refractivity contribution in [3.63, 3.8) is 0 Å². The molecule has 0 bridgehead atoms. The van der Waals surface area contributed by atoms with Gasteiger partial charge in [0.2, 0.25) is 0 Å². The molecule has 0 unspecified atom stereocenters. The van der Waals surface area contributed by atoms with Gasteiger partial charge in [-0.2, -0.15) is 10.2 Å². The summed E-state index contributed by atoms with van der Waals surface area (Å²) in [6.45, 7) is 0.971. The van der Waals surface area contributed by atoms with Crippen molar-refractivity contribution in [1.82, 2.24) is 10.2 Å². The molecule has 0 aromatic heterocycles. The van der Waals surface area contributed by atoms with Gasteiger partial charge in [-0.1, -0.05) is 12.8 Å². The van der Waals surface area contributed by atoms with Crippen molar-refractivity contribution in [3.05, 3.63) is 19.6 Å². The maximum atomic E-state index is 11.2. The van der Waals surface area contributed by atoms with Crippen LogP contribution in [0, 0.1) is 19.6 Å². The SMILES string of the molecule is O=NN(N=O)C(=O)CCCCCN=NCCCCCC(=O)N(N=O)N=O. The number of carbonyl (C=O) groups is 2. The topological polar surface area (TPSA) is 183 Å². The van der Waals surface area contributed by atoms with Crippen LogP contribution in [0.4, 0.5) is 0 Å². The van der Waals surface area contributed by atoms with E-state index < -0.39 is 11.8 Å². The van der Waals surface area contributed by atoms with Crippen LogP contribution in [0.25, 0.3) is 0 Å². The van der Waals surface area contributed by atoms with Crippen molar-refractivity contribution in [2.45, 2.75) is 51.4 Å². The number of carbonyl (C=O) groups excluding carboxylic acids is 2. The van der Waals surface area contributed by atoms with Crippen LogP contribution < -0.4 is 0 Å². The summed E-state index contributed by atoms with van der Waals surface area (Å²) in [7, 11) is 0. The predicted molar refractivity (Wildman–Crippen MR) is 88.4 cm³/mol. The van der Waals surface area contributed by atoms with Crippen LogP contribution in [0.1, 0.15) is 51.4 Å². The number of hydrogen-bond donors (Lipinski definition) is 0. The van der Waals surface area contributed by atoms with Gasteiger partial charge in [0, 0.05) is 12.8 Å². The number of hydrogen-bond acceptors (Lipinski definition) is 12. The van der Waals surface area contributed by atoms with E-state index in [2.05, 4.69) is 31.4 Å². The summed E-state index contributed by atoms with van der Waals surface area (Å²) in [5, 5.41) is 16.5. The Morgan fingerprint density at radius 1 is 0.538 bits per heavy atom. The lowest BCUT2D eigenvalue weighted by molar-refractivity contribution is -0.132. The highest BCUT2D eigenvalue weighted by Gasteiger charge is 2.14. The van der Waals surface area contributed by atoms with Crippen molar-refractivity contribution in [1.29, 1.82) is 0 Å². The molecule has 14 heteroatoms. The molecule has 0 fully saturated rings. The normalized spacial score (nSPS) is 10.3. The maximum absolute atomic E-state index is 11.2. The maximum Gasteiger partial charge on any atom is 0.271 e. The van der Waals surface area contributed by atoms with E-state index in [4.69, 9.17) is 0 Å². The smallest absolute Gasteiger partial charge is 0.271 e. The molecular formula is C12H20N8O6. The van der Waals surface area contributed by atoms with Gasteiger partial charge in [0.1, 0.15) is 0 Å². The van der Waals surface area contributed by atoms with Gasteiger partial charge in [-0.3, -0.25) is 9.59 Å². The van der Waals surface area contributed by atoms with Crippen molar-refractivity contribution in [2.75, 3.05) is 13.1 Å². The number of azo groups is 1. The predicted octanol–water partition coefficient (Wildman–Crippen LogP) is 2.94. The summed E-state index contributed by atoms with van der Waals surface area (Å²) < 4.78 is 0. The molecule has 0 saturated heterocycles. The van der Waals surface area contributed by atoms with E-state index >= 15 is 0 Å². The summed E-state index contributed by atoms with van der Waals surface area (Å²) in [5.74, 6) is -1.49. The minimum absolute atomic E-state index is 0.00399. The summed E-state index contributed by atoms with van der Waals surface area (Å²) in [5.41, 5.74) is 0. The standard InChI is InChI=1S/C12H20N8O6/c21-11(19(15-23)16-24)7-3-1-5-9-13-14-10-6-2-4-8-12(22)20(17-25)18-26/h1-10H2. The van der Waals surface area contributed by atoms with Gasteiger partial charge in [0.25, 0.3) is 11.8 Å². The minimum atomic E-state index is -0.744. The Morgan fingerprint density at radius 3 is 1.19 bits per heavy atom. The minimum Gasteiger partial charge on any atom is -0.271 e. The lowest BCUT2D eigenvalue weighted by Gasteiger charge is -2.02. The largest absolute Gasteiger partial charge is 0.271 e. The Balaban J connectivity index is 3.54. The van der Waals surface area contributed by atoms with Gasteiger partial charge in [-0.15, -0.1) is 19.6 Å². The van der Waals surface area contributed by atoms with E-state index in [1.807, 2.05) is 0 Å². The number of nitrogens with zero attached hydrogens (tertiary/aromatic N) is 8. The summed E-state index contributed by atoms with van der Waals surface area (Å²) in [6, 6.07) is 0. The van der Waals surface area contributed by atoms with E-state index in [0.717, 1.165) is 0 Å². The highest BCUT2D eigenvalue weighted by atomic mass is 16.4. The van der Waals surface area contributed by atoms with E-state index in [9.17, 15) is 29.2 Å². The molecule has 0 rings (SSSR count). The molecule has 0 aliphatic carbocycles. The van der Waals surface area contributed by atoms with Gasteiger partial charge in [-0.25, -0.2) is 0 Å². The van der Waals surface area contributed by atoms with Crippen LogP contribution in [0.5, 0.6) is 0 Å². The second kappa shape index (κ2) is 15.5. The first kappa shape index (κ1) is 22.9. The van der Waals surface area contributed by atoms with Gasteiger partial charge in [0.05, 0.1) is 34.2 Å². The first-order chi connectivity index (χ1) is 12.6. The summed E-state index contributed by atoms with van der Waals surface area (Å²) >= 11 is 0. The fraction of sp³-hybridized carbons (Fsp3) is 0.833. The molecule has 0 atom stereocenters. The Labute approximate surface area is 148 Å². The van der Waals surface area contributed by atoms with Crippen molar-refractivity contribution in [2.24, 2.45) is 31.4 Å². The number of amides is 2. The number of nitroso groups, excluding NO2 is 4. The molecular weight excluding hydrogens is 352 g/mol. The average molecular weight is 372 g/mol. The molecule has 0 saturated carbocycles. The van der Waals surface area contributed by atoms with Crippen LogP contribution in [0.15, 0.2) is 31.4 Å². The lowest BCUT2D eigenvalue weighted by atomic mass is 10.2. The third-order valence-electron chi connectivity index (χ3n) is 3.15. The Kier molecular flexibility index (Phi) is 13.6. The van der Waals surface area contributed by atoms with Crippen molar-refractivity contribution < 1.29 is 9.59 Å². The quantitative estimate of drug-likeness (QED) is 0.173. The fourth-order valence-electron chi connectivity index (χ4n) is 1.82. The zero-order valence-electron chi connectivity index (χ0n) is 14.1. The van der Waals surface area contributed by atoms with Crippen molar-refractivity contribution >= 4 is 11.8 Å². The Bertz CT molecular complexity index is 454. The van der Waals surface area contributed by atoms with Gasteiger partial charge in [0.15, 0.2) is 0 Å². The van der Waals surface area contributed by atoms with Gasteiger partial charge >= 0.3 is 0 Å². The second-order valence-electron chi connectivity index (χ2n) is 5.04. The zero-order chi connectivity index (χ0) is 19.6. The summed E-state index contributed by atoms with van der Waals surface area (Å²) in [4.78, 5) is 62.6. The number of rotatable bonds is 16. The molecule has 0 aromatic rings. The molecule has 0 spiro atoms. The molecule has 0 radical (unpaired) electrons. The van der Waals surface area contributed by atoms with E-state index in [0.29, 0.717) is 51.6 Å². The van der Waals surface area contributed by atoms with Gasteiger partial charge < -0.3 is 0 Å². The third-order valence-corrected chi connectivity index (χ3v) is 3.15. The third kappa shape index (κ3) is 10.7. The molecule has 144 valence electrons. The molecule has 14 nitrogen and oxygen atoms in total. The van der Waals surface area contributed by atoms with E-state index in [-0.39, 0.29) is 23.1 Å². The fourth-order valence-corrected chi connectivity index (χ4v) is 1.82. The zero-order valence-corrected chi connectivity index (χ0v) is 14.1. The summed E-state index contributed by atoms with van der Waals surface area (Å²) in [6.07, 6.45) is 3.70. The second-order valence-corrected chi connectivity index (χ2v) is 5.04. The van der Waals surface area contributed by atoms with E-state index in [1.54, 1.807) is 0 Å². The van der Waals surface area contributed by atoms with Crippen LogP contribution >= 0.6 is 0 Å². The van der Waals surface area contributed by atoms with Crippen LogP contribution in [0.3, 0.4) is 0 Å². The van der Waals surface area contributed by atoms with Crippen LogP contribution in [-0.2, 0) is 9.59 Å². The Hall–Kier alpha value is -3.06. The van der Waals surface area contributed by atoms with Crippen molar-refractivity contribution in [3.8, 4) is 0 Å². The molecule has 2 amide bonds. The molecule has 0 aliphatic heterocycles. The highest BCUT2D eigenvalue weighted by molar-refractivity contribution is 5.75. The first-order valence-corrected chi connectivity index (χ1v) is 7.93. The Morgan fingerprint density at radius 2 is 0.885 bits per heavy atom. The average Bonchev–Trinajstić information content (AvgIpc) is 2.64. The molecule has 0 aliphatic rings. The number of unbranched alkanes of at least 4 members (excludes halogenated alkanes) is 4. The highest BCUT2D eigenvalue weighted by Crippen LogP contribution is 2.06. The first-order valence-electron chi connectivity index (χ1n) is 7.93. The van der Waals surface area contributed by atoms with Crippen LogP contribution in [0.2, 0.25) is 0 Å². The molecule has 0 aromatic carbocycles. The van der Waals surface area contributed by atoms with Gasteiger partial charge in [-0.05, 0) is 35.9 Å². The monoisotopic (exact) mass is 372 g/mol. The lowest BCUT2D eigenvalue weighted by Crippen LogP contribution is -2.18.